The van der Waals surface area contributed by atoms with Gasteiger partial charge >= 0.3 is 11.9 Å². The van der Waals surface area contributed by atoms with Gasteiger partial charge in [0.25, 0.3) is 0 Å². The first-order chi connectivity index (χ1) is 34.4. The maximum atomic E-state index is 13.6. The Morgan fingerprint density at radius 1 is 0.419 bits per heavy atom. The Morgan fingerprint density at radius 2 is 0.770 bits per heavy atom. The van der Waals surface area contributed by atoms with Crippen LogP contribution in [0, 0.1) is 11.8 Å². The molecule has 0 aromatic rings. The summed E-state index contributed by atoms with van der Waals surface area (Å²) >= 11 is 0. The first kappa shape index (κ1) is 66.9. The van der Waals surface area contributed by atoms with Gasteiger partial charge in [-0.25, -0.2) is 0 Å². The van der Waals surface area contributed by atoms with Crippen molar-refractivity contribution in [2.75, 3.05) is 26.4 Å². The highest BCUT2D eigenvalue weighted by Crippen LogP contribution is 2.08. The van der Waals surface area contributed by atoms with E-state index in [1.165, 1.54) is 34.6 Å². The van der Waals surface area contributed by atoms with E-state index in [0.717, 1.165) is 0 Å². The van der Waals surface area contributed by atoms with E-state index >= 15 is 0 Å². The Bertz CT molecular complexity index is 1990. The van der Waals surface area contributed by atoms with Gasteiger partial charge in [0.15, 0.2) is 0 Å². The van der Waals surface area contributed by atoms with Crippen LogP contribution in [-0.2, 0) is 62.3 Å². The van der Waals surface area contributed by atoms with Crippen molar-refractivity contribution in [2.45, 2.75) is 153 Å². The zero-order valence-corrected chi connectivity index (χ0v) is 42.4. The number of hydrogen-bond donors (Lipinski definition) is 18. The molecule has 0 saturated carbocycles. The lowest BCUT2D eigenvalue weighted by Crippen LogP contribution is -2.62. The van der Waals surface area contributed by atoms with Gasteiger partial charge in [-0.05, 0) is 58.4 Å². The van der Waals surface area contributed by atoms with Gasteiger partial charge in [-0.3, -0.25) is 62.3 Å². The summed E-state index contributed by atoms with van der Waals surface area (Å²) in [6.07, 6.45) is -0.852. The lowest BCUT2D eigenvalue weighted by molar-refractivity contribution is -0.142. The third kappa shape index (κ3) is 24.1. The molecule has 21 N–H and O–H groups in total. The zero-order chi connectivity index (χ0) is 57.2. The monoisotopic (exact) mass is 1060 g/mol. The Kier molecular flexibility index (Phi) is 30.4. The molecule has 0 aliphatic rings. The Balaban J connectivity index is 6.08. The third-order valence-electron chi connectivity index (χ3n) is 10.8. The molecule has 11 atom stereocenters. The van der Waals surface area contributed by atoms with Gasteiger partial charge in [-0.2, -0.15) is 0 Å². The molecule has 0 aromatic carbocycles. The van der Waals surface area contributed by atoms with E-state index in [0.29, 0.717) is 19.4 Å². The summed E-state index contributed by atoms with van der Waals surface area (Å²) in [5.41, 5.74) is 16.5. The van der Waals surface area contributed by atoms with Crippen molar-refractivity contribution in [3.63, 3.8) is 0 Å². The van der Waals surface area contributed by atoms with Crippen LogP contribution in [0.3, 0.4) is 0 Å². The number of rotatable bonds is 35. The summed E-state index contributed by atoms with van der Waals surface area (Å²) in [5, 5.41) is 70.9. The average Bonchev–Trinajstić information content (AvgIpc) is 3.32. The molecule has 0 fully saturated rings. The molecule has 0 saturated heterocycles. The minimum atomic E-state index is -2.01. The largest absolute Gasteiger partial charge is 0.481 e. The highest BCUT2D eigenvalue weighted by molar-refractivity contribution is 5.99. The van der Waals surface area contributed by atoms with Crippen molar-refractivity contribution in [3.05, 3.63) is 0 Å². The lowest BCUT2D eigenvalue weighted by atomic mass is 10.0. The fourth-order valence-corrected chi connectivity index (χ4v) is 6.27. The minimum Gasteiger partial charge on any atom is -0.481 e. The van der Waals surface area contributed by atoms with Crippen molar-refractivity contribution < 1.29 is 87.9 Å². The molecule has 0 spiro atoms. The quantitative estimate of drug-likeness (QED) is 0.0262. The van der Waals surface area contributed by atoms with Gasteiger partial charge in [-0.1, -0.05) is 34.1 Å². The van der Waals surface area contributed by atoms with Crippen molar-refractivity contribution in [1.29, 1.82) is 0 Å². The van der Waals surface area contributed by atoms with E-state index in [2.05, 4.69) is 53.2 Å². The van der Waals surface area contributed by atoms with Gasteiger partial charge < -0.3 is 95.9 Å². The molecule has 0 aliphatic heterocycles. The Hall–Kier alpha value is -7.09. The number of unbranched alkanes of at least 4 members (excludes halogenated alkanes) is 1. The number of carbonyl (C=O) groups excluding carboxylic acids is 11. The molecular formula is C43H75N13O18. The molecule has 0 aromatic heterocycles. The number of amides is 11. The van der Waals surface area contributed by atoms with E-state index in [4.69, 9.17) is 22.3 Å². The second kappa shape index (κ2) is 33.6. The van der Waals surface area contributed by atoms with E-state index in [-0.39, 0.29) is 6.42 Å². The zero-order valence-electron chi connectivity index (χ0n) is 42.4. The molecule has 0 heterocycles. The minimum absolute atomic E-state index is 0.264. The highest BCUT2D eigenvalue weighted by atomic mass is 16.4. The Labute approximate surface area is 426 Å². The number of aliphatic hydroxyl groups excluding tert-OH is 3. The molecule has 0 rings (SSSR count). The van der Waals surface area contributed by atoms with Crippen molar-refractivity contribution in [2.24, 2.45) is 29.0 Å². The summed E-state index contributed by atoms with van der Waals surface area (Å²) in [7, 11) is 0. The number of nitrogens with two attached hydrogens (primary N) is 3. The van der Waals surface area contributed by atoms with Crippen LogP contribution in [0.15, 0.2) is 0 Å². The predicted molar refractivity (Wildman–Crippen MR) is 256 cm³/mol. The van der Waals surface area contributed by atoms with E-state index in [9.17, 15) is 82.8 Å². The van der Waals surface area contributed by atoms with Crippen LogP contribution >= 0.6 is 0 Å². The summed E-state index contributed by atoms with van der Waals surface area (Å²) in [6, 6.07) is -17.1. The lowest BCUT2D eigenvalue weighted by Gasteiger charge is -2.28. The molecule has 0 aliphatic carbocycles. The van der Waals surface area contributed by atoms with Crippen LogP contribution in [-0.4, -0.2) is 195 Å². The normalized spacial score (nSPS) is 15.5. The number of carbonyl (C=O) groups is 13. The van der Waals surface area contributed by atoms with Gasteiger partial charge in [-0.15, -0.1) is 0 Å². The number of carboxylic acid groups (broad SMARTS) is 2. The van der Waals surface area contributed by atoms with Gasteiger partial charge in [0.1, 0.15) is 60.4 Å². The van der Waals surface area contributed by atoms with Crippen LogP contribution in [0.1, 0.15) is 87.0 Å². The number of hydrogen-bond acceptors (Lipinski definition) is 18. The van der Waals surface area contributed by atoms with Crippen LogP contribution in [0.2, 0.25) is 0 Å². The maximum absolute atomic E-state index is 13.6. The summed E-state index contributed by atoms with van der Waals surface area (Å²) in [5.74, 6) is -16.1. The second-order valence-electron chi connectivity index (χ2n) is 17.8. The smallest absolute Gasteiger partial charge is 0.325 e. The number of primary amides is 1. The first-order valence-corrected chi connectivity index (χ1v) is 23.5. The fraction of sp³-hybridized carbons (Fsp3) is 0.698. The van der Waals surface area contributed by atoms with E-state index < -0.39 is 194 Å². The van der Waals surface area contributed by atoms with Crippen molar-refractivity contribution in [3.8, 4) is 0 Å². The van der Waals surface area contributed by atoms with Crippen LogP contribution in [0.25, 0.3) is 0 Å². The van der Waals surface area contributed by atoms with Gasteiger partial charge in [0.05, 0.1) is 32.3 Å². The molecule has 0 bridgehead atoms. The number of aliphatic carboxylic acids is 2. The standard InChI is InChI=1S/C43H75N13O18/c1-18(2)31(41(71)49-22(7)43(73)74)55-34(64)21(6)48-38(68)26(15-57)53-40(70)28(17-59)54-42(72)32(19(3)4)56-37(67)25(14-30(61)62)51-36(66)24(11-12-29(46)60)50-39(69)27(16-58)52-33(63)20(5)47-35(65)23(45)10-8-9-13-44/h18-28,31-32,57-59H,8-17,44-45H2,1-7H3,(H2,46,60)(H,47,65)(H,48,68)(H,49,71)(H,50,69)(H,51,66)(H,52,63)(H,53,70)(H,54,72)(H,55,64)(H,56,67)(H,61,62)(H,73,74)/t20-,21-,22-,23-,24-,25-,26-,27-,28-,31-,32-/m0/s1. The number of carboxylic acids is 2. The van der Waals surface area contributed by atoms with Crippen LogP contribution in [0.4, 0.5) is 0 Å². The second-order valence-corrected chi connectivity index (χ2v) is 17.8. The summed E-state index contributed by atoms with van der Waals surface area (Å²) in [4.78, 5) is 166. The van der Waals surface area contributed by atoms with Crippen LogP contribution < -0.4 is 70.4 Å². The SMILES string of the molecule is CC(C)[C@H](NC(=O)[C@H](C)NC(=O)[C@H](CO)NC(=O)[C@H](CO)NC(=O)[C@@H](NC(=O)[C@H](CC(=O)O)NC(=O)[C@H](CCC(N)=O)NC(=O)[C@H](CO)NC(=O)[C@H](C)NC(=O)[C@@H](N)CCCCN)C(C)C)C(=O)N[C@@H](C)C(=O)O. The number of aliphatic hydroxyl groups is 3. The van der Waals surface area contributed by atoms with E-state index in [1.54, 1.807) is 13.8 Å². The highest BCUT2D eigenvalue weighted by Gasteiger charge is 2.36. The molecule has 31 heteroatoms. The molecule has 0 radical (unpaired) electrons. The molecule has 0 unspecified atom stereocenters. The van der Waals surface area contributed by atoms with E-state index in [1.807, 2.05) is 0 Å². The van der Waals surface area contributed by atoms with Crippen molar-refractivity contribution in [1.82, 2.24) is 53.2 Å². The maximum Gasteiger partial charge on any atom is 0.325 e. The van der Waals surface area contributed by atoms with Gasteiger partial charge in [0.2, 0.25) is 65.0 Å². The van der Waals surface area contributed by atoms with Crippen molar-refractivity contribution >= 4 is 76.9 Å². The molecule has 420 valence electrons. The number of nitrogens with one attached hydrogen (secondary N) is 10. The first-order valence-electron chi connectivity index (χ1n) is 23.5. The Morgan fingerprint density at radius 3 is 1.20 bits per heavy atom. The predicted octanol–water partition coefficient (Wildman–Crippen LogP) is -8.54. The fourth-order valence-electron chi connectivity index (χ4n) is 6.27. The molecular weight excluding hydrogens is 987 g/mol. The molecule has 31 nitrogen and oxygen atoms in total. The summed E-state index contributed by atoms with van der Waals surface area (Å²) in [6.45, 7) is 6.68. The third-order valence-corrected chi connectivity index (χ3v) is 10.8. The topological polar surface area (TPSA) is 521 Å². The summed E-state index contributed by atoms with van der Waals surface area (Å²) < 4.78 is 0. The van der Waals surface area contributed by atoms with Gasteiger partial charge in [0, 0.05) is 6.42 Å². The average molecular weight is 1060 g/mol. The molecule has 74 heavy (non-hydrogen) atoms. The van der Waals surface area contributed by atoms with Crippen LogP contribution in [0.5, 0.6) is 0 Å². The molecule has 11 amide bonds.